The van der Waals surface area contributed by atoms with E-state index in [-0.39, 0.29) is 6.54 Å². The largest absolute Gasteiger partial charge is 0.416 e. The molecule has 0 saturated heterocycles. The molecule has 102 valence electrons. The lowest BCUT2D eigenvalue weighted by atomic mass is 10.1. The molecule has 3 nitrogen and oxygen atoms in total. The fourth-order valence-corrected chi connectivity index (χ4v) is 1.94. The molecule has 1 N–H and O–H groups in total. The number of rotatable bonds is 3. The quantitative estimate of drug-likeness (QED) is 0.934. The Morgan fingerprint density at radius 3 is 2.37 bits per heavy atom. The molecule has 0 radical (unpaired) electrons. The standard InChI is InChI=1S/C12H10BrF3N2O/c13-10-5-17-18(6-10)7-11(19)8-1-3-9(4-2-8)12(14,15)16/h1-6,11,19H,7H2. The molecule has 0 aliphatic rings. The zero-order valence-corrected chi connectivity index (χ0v) is 11.2. The summed E-state index contributed by atoms with van der Waals surface area (Å²) in [6.45, 7) is 0.178. The van der Waals surface area contributed by atoms with Gasteiger partial charge >= 0.3 is 6.18 Å². The van der Waals surface area contributed by atoms with E-state index in [9.17, 15) is 18.3 Å². The summed E-state index contributed by atoms with van der Waals surface area (Å²) in [5.74, 6) is 0. The van der Waals surface area contributed by atoms with Gasteiger partial charge in [0.2, 0.25) is 0 Å². The third kappa shape index (κ3) is 3.57. The van der Waals surface area contributed by atoms with Crippen molar-refractivity contribution < 1.29 is 18.3 Å². The molecule has 2 rings (SSSR count). The van der Waals surface area contributed by atoms with Crippen LogP contribution in [-0.2, 0) is 12.7 Å². The van der Waals surface area contributed by atoms with E-state index >= 15 is 0 Å². The van der Waals surface area contributed by atoms with Crippen molar-refractivity contribution >= 4 is 15.9 Å². The molecule has 1 aromatic carbocycles. The fourth-order valence-electron chi connectivity index (χ4n) is 1.62. The number of aromatic nitrogens is 2. The van der Waals surface area contributed by atoms with Crippen LogP contribution in [0.4, 0.5) is 13.2 Å². The van der Waals surface area contributed by atoms with Crippen LogP contribution >= 0.6 is 15.9 Å². The van der Waals surface area contributed by atoms with Crippen LogP contribution in [0.2, 0.25) is 0 Å². The molecule has 1 atom stereocenters. The van der Waals surface area contributed by atoms with Gasteiger partial charge in [0.1, 0.15) is 0 Å². The zero-order chi connectivity index (χ0) is 14.0. The van der Waals surface area contributed by atoms with Gasteiger partial charge in [-0.25, -0.2) is 0 Å². The maximum absolute atomic E-state index is 12.4. The lowest BCUT2D eigenvalue weighted by molar-refractivity contribution is -0.137. The number of halogens is 4. The summed E-state index contributed by atoms with van der Waals surface area (Å²) in [6, 6.07) is 4.45. The number of hydrogen-bond acceptors (Lipinski definition) is 2. The summed E-state index contributed by atoms with van der Waals surface area (Å²) in [4.78, 5) is 0. The van der Waals surface area contributed by atoms with E-state index in [0.29, 0.717) is 5.56 Å². The molecule has 2 aromatic rings. The monoisotopic (exact) mass is 334 g/mol. The Bertz CT molecular complexity index is 551. The van der Waals surface area contributed by atoms with Crippen molar-refractivity contribution in [3.63, 3.8) is 0 Å². The van der Waals surface area contributed by atoms with E-state index < -0.39 is 17.8 Å². The van der Waals surface area contributed by atoms with Crippen molar-refractivity contribution in [2.45, 2.75) is 18.8 Å². The first-order valence-electron chi connectivity index (χ1n) is 5.39. The van der Waals surface area contributed by atoms with Gasteiger partial charge in [0.05, 0.1) is 28.9 Å². The minimum Gasteiger partial charge on any atom is -0.386 e. The van der Waals surface area contributed by atoms with E-state index in [2.05, 4.69) is 21.0 Å². The van der Waals surface area contributed by atoms with Gasteiger partial charge in [-0.15, -0.1) is 0 Å². The van der Waals surface area contributed by atoms with E-state index in [1.54, 1.807) is 12.4 Å². The van der Waals surface area contributed by atoms with Crippen molar-refractivity contribution in [2.24, 2.45) is 0 Å². The second-order valence-electron chi connectivity index (χ2n) is 4.02. The Morgan fingerprint density at radius 1 is 1.26 bits per heavy atom. The lowest BCUT2D eigenvalue weighted by Gasteiger charge is -2.12. The van der Waals surface area contributed by atoms with Crippen LogP contribution in [0.15, 0.2) is 41.1 Å². The second-order valence-corrected chi connectivity index (χ2v) is 4.93. The summed E-state index contributed by atoms with van der Waals surface area (Å²) < 4.78 is 39.4. The predicted molar refractivity (Wildman–Crippen MR) is 66.3 cm³/mol. The zero-order valence-electron chi connectivity index (χ0n) is 9.60. The summed E-state index contributed by atoms with van der Waals surface area (Å²) in [7, 11) is 0. The molecule has 1 aromatic heterocycles. The van der Waals surface area contributed by atoms with Crippen LogP contribution in [0.5, 0.6) is 0 Å². The van der Waals surface area contributed by atoms with E-state index in [1.165, 1.54) is 16.8 Å². The summed E-state index contributed by atoms with van der Waals surface area (Å²) in [5.41, 5.74) is -0.315. The van der Waals surface area contributed by atoms with Crippen LogP contribution in [0.3, 0.4) is 0 Å². The Kier molecular flexibility index (Phi) is 3.96. The van der Waals surface area contributed by atoms with Crippen molar-refractivity contribution in [2.75, 3.05) is 0 Å². The predicted octanol–water partition coefficient (Wildman–Crippen LogP) is 3.40. The van der Waals surface area contributed by atoms with Crippen LogP contribution in [-0.4, -0.2) is 14.9 Å². The van der Waals surface area contributed by atoms with Crippen LogP contribution in [0.25, 0.3) is 0 Å². The number of aliphatic hydroxyl groups excluding tert-OH is 1. The molecule has 0 aliphatic carbocycles. The number of aliphatic hydroxyl groups is 1. The molecule has 0 saturated carbocycles. The Morgan fingerprint density at radius 2 is 1.89 bits per heavy atom. The second kappa shape index (κ2) is 5.34. The van der Waals surface area contributed by atoms with E-state index in [1.807, 2.05) is 0 Å². The molecule has 1 unspecified atom stereocenters. The lowest BCUT2D eigenvalue weighted by Crippen LogP contribution is -2.10. The first-order valence-corrected chi connectivity index (χ1v) is 6.19. The molecule has 0 amide bonds. The van der Waals surface area contributed by atoms with Gasteiger partial charge in [-0.3, -0.25) is 4.68 Å². The smallest absolute Gasteiger partial charge is 0.386 e. The van der Waals surface area contributed by atoms with Gasteiger partial charge in [0, 0.05) is 6.20 Å². The fraction of sp³-hybridized carbons (Fsp3) is 0.250. The summed E-state index contributed by atoms with van der Waals surface area (Å²) in [6.07, 6.45) is -2.03. The normalized spacial score (nSPS) is 13.5. The SMILES string of the molecule is OC(Cn1cc(Br)cn1)c1ccc(C(F)(F)F)cc1. The average Bonchev–Trinajstić information content (AvgIpc) is 2.74. The molecule has 1 heterocycles. The van der Waals surface area contributed by atoms with Gasteiger partial charge < -0.3 is 5.11 Å². The van der Waals surface area contributed by atoms with E-state index in [0.717, 1.165) is 16.6 Å². The van der Waals surface area contributed by atoms with Gasteiger partial charge in [0.25, 0.3) is 0 Å². The Balaban J connectivity index is 2.09. The Labute approximate surface area is 115 Å². The number of alkyl halides is 3. The Hall–Kier alpha value is -1.34. The highest BCUT2D eigenvalue weighted by atomic mass is 79.9. The van der Waals surface area contributed by atoms with Gasteiger partial charge in [-0.2, -0.15) is 18.3 Å². The van der Waals surface area contributed by atoms with Crippen molar-refractivity contribution in [1.29, 1.82) is 0 Å². The average molecular weight is 335 g/mol. The van der Waals surface area contributed by atoms with Crippen LogP contribution in [0.1, 0.15) is 17.2 Å². The highest BCUT2D eigenvalue weighted by Crippen LogP contribution is 2.30. The maximum Gasteiger partial charge on any atom is 0.416 e. The first kappa shape index (κ1) is 14.1. The first-order chi connectivity index (χ1) is 8.86. The van der Waals surface area contributed by atoms with Crippen LogP contribution in [0, 0.1) is 0 Å². The summed E-state index contributed by atoms with van der Waals surface area (Å²) >= 11 is 3.22. The van der Waals surface area contributed by atoms with Crippen molar-refractivity contribution in [3.05, 3.63) is 52.3 Å². The highest BCUT2D eigenvalue weighted by molar-refractivity contribution is 9.10. The number of hydrogen-bond donors (Lipinski definition) is 1. The van der Waals surface area contributed by atoms with Gasteiger partial charge in [-0.1, -0.05) is 12.1 Å². The molecular formula is C12H10BrF3N2O. The van der Waals surface area contributed by atoms with Crippen molar-refractivity contribution in [3.8, 4) is 0 Å². The topological polar surface area (TPSA) is 38.0 Å². The molecular weight excluding hydrogens is 325 g/mol. The van der Waals surface area contributed by atoms with Crippen LogP contribution < -0.4 is 0 Å². The molecule has 0 spiro atoms. The van der Waals surface area contributed by atoms with Gasteiger partial charge in [-0.05, 0) is 33.6 Å². The molecule has 19 heavy (non-hydrogen) atoms. The third-order valence-electron chi connectivity index (χ3n) is 2.58. The molecule has 7 heteroatoms. The highest BCUT2D eigenvalue weighted by Gasteiger charge is 2.30. The molecule has 0 fully saturated rings. The van der Waals surface area contributed by atoms with E-state index in [4.69, 9.17) is 0 Å². The third-order valence-corrected chi connectivity index (χ3v) is 2.99. The minimum atomic E-state index is -4.36. The maximum atomic E-state index is 12.4. The minimum absolute atomic E-state index is 0.178. The molecule has 0 aliphatic heterocycles. The number of nitrogens with zero attached hydrogens (tertiary/aromatic N) is 2. The summed E-state index contributed by atoms with van der Waals surface area (Å²) in [5, 5.41) is 13.9. The number of benzene rings is 1. The molecule has 0 bridgehead atoms. The van der Waals surface area contributed by atoms with Gasteiger partial charge in [0.15, 0.2) is 0 Å². The van der Waals surface area contributed by atoms with Crippen molar-refractivity contribution in [1.82, 2.24) is 9.78 Å².